The third-order valence-corrected chi connectivity index (χ3v) is 2.02. The van der Waals surface area contributed by atoms with Gasteiger partial charge in [0.1, 0.15) is 17.7 Å². The molecule has 0 spiro atoms. The van der Waals surface area contributed by atoms with E-state index in [2.05, 4.69) is 0 Å². The number of alkyl halides is 3. The van der Waals surface area contributed by atoms with Gasteiger partial charge in [-0.3, -0.25) is 0 Å². The van der Waals surface area contributed by atoms with Crippen LogP contribution in [0.2, 0.25) is 5.02 Å². The predicted octanol–water partition coefficient (Wildman–Crippen LogP) is 3.18. The van der Waals surface area contributed by atoms with Gasteiger partial charge in [0.05, 0.1) is 5.02 Å². The molecule has 0 amide bonds. The fraction of sp³-hybridized carbons (Fsp3) is 0.250. The fourth-order valence-corrected chi connectivity index (χ4v) is 1.10. The van der Waals surface area contributed by atoms with Gasteiger partial charge in [-0.1, -0.05) is 11.6 Å². The van der Waals surface area contributed by atoms with Crippen LogP contribution in [0.1, 0.15) is 11.6 Å². The maximum atomic E-state index is 13.0. The number of rotatable bonds is 1. The van der Waals surface area contributed by atoms with Crippen molar-refractivity contribution in [3.63, 3.8) is 0 Å². The summed E-state index contributed by atoms with van der Waals surface area (Å²) in [5, 5.41) is -0.592. The molecule has 0 heterocycles. The lowest BCUT2D eigenvalue weighted by Crippen LogP contribution is -2.29. The highest BCUT2D eigenvalue weighted by atomic mass is 35.5. The lowest BCUT2D eigenvalue weighted by molar-refractivity contribution is -0.149. The van der Waals surface area contributed by atoms with Crippen molar-refractivity contribution in [3.8, 4) is 0 Å². The second-order valence-electron chi connectivity index (χ2n) is 2.81. The molecule has 15 heavy (non-hydrogen) atoms. The van der Waals surface area contributed by atoms with Gasteiger partial charge in [-0.25, -0.2) is 8.78 Å². The fourth-order valence-electron chi connectivity index (χ4n) is 0.953. The highest BCUT2D eigenvalue weighted by Crippen LogP contribution is 2.33. The zero-order valence-electron chi connectivity index (χ0n) is 7.08. The Morgan fingerprint density at radius 3 is 2.13 bits per heavy atom. The zero-order valence-corrected chi connectivity index (χ0v) is 7.83. The van der Waals surface area contributed by atoms with Crippen LogP contribution < -0.4 is 5.73 Å². The molecule has 0 radical (unpaired) electrons. The molecule has 1 rings (SSSR count). The molecule has 0 saturated carbocycles. The van der Waals surface area contributed by atoms with Crippen LogP contribution in [0.3, 0.4) is 0 Å². The van der Waals surface area contributed by atoms with E-state index in [0.29, 0.717) is 12.1 Å². The zero-order chi connectivity index (χ0) is 11.8. The predicted molar refractivity (Wildman–Crippen MR) is 44.4 cm³/mol. The summed E-state index contributed by atoms with van der Waals surface area (Å²) in [6, 6.07) is -1.77. The van der Waals surface area contributed by atoms with Crippen LogP contribution in [0.15, 0.2) is 12.1 Å². The number of halogens is 6. The Balaban J connectivity index is 3.21. The van der Waals surface area contributed by atoms with Gasteiger partial charge in [-0.2, -0.15) is 13.2 Å². The summed E-state index contributed by atoms with van der Waals surface area (Å²) in [6.45, 7) is 0. The van der Waals surface area contributed by atoms with Crippen molar-refractivity contribution in [2.24, 2.45) is 5.73 Å². The largest absolute Gasteiger partial charge is 0.407 e. The van der Waals surface area contributed by atoms with Crippen molar-refractivity contribution < 1.29 is 22.0 Å². The van der Waals surface area contributed by atoms with E-state index in [1.165, 1.54) is 0 Å². The molecular formula is C8H5ClF5N. The minimum absolute atomic E-state index is 0.343. The molecule has 0 aliphatic carbocycles. The van der Waals surface area contributed by atoms with Gasteiger partial charge < -0.3 is 5.73 Å². The maximum Gasteiger partial charge on any atom is 0.407 e. The van der Waals surface area contributed by atoms with Crippen LogP contribution in [0, 0.1) is 11.6 Å². The summed E-state index contributed by atoms with van der Waals surface area (Å²) in [7, 11) is 0. The van der Waals surface area contributed by atoms with Gasteiger partial charge in [0.25, 0.3) is 0 Å². The molecule has 0 aliphatic rings. The van der Waals surface area contributed by atoms with Gasteiger partial charge in [0.15, 0.2) is 0 Å². The molecule has 1 atom stereocenters. The lowest BCUT2D eigenvalue weighted by atomic mass is 10.1. The first-order valence-corrected chi connectivity index (χ1v) is 4.08. The topological polar surface area (TPSA) is 26.0 Å². The lowest BCUT2D eigenvalue weighted by Gasteiger charge is -2.16. The second-order valence-corrected chi connectivity index (χ2v) is 3.21. The van der Waals surface area contributed by atoms with Gasteiger partial charge in [0.2, 0.25) is 0 Å². The number of hydrogen-bond donors (Lipinski definition) is 1. The molecule has 0 aromatic heterocycles. The Kier molecular flexibility index (Phi) is 3.20. The van der Waals surface area contributed by atoms with E-state index in [9.17, 15) is 22.0 Å². The van der Waals surface area contributed by atoms with Crippen LogP contribution in [-0.4, -0.2) is 6.18 Å². The molecule has 7 heteroatoms. The van der Waals surface area contributed by atoms with Crippen molar-refractivity contribution in [1.82, 2.24) is 0 Å². The second kappa shape index (κ2) is 3.94. The summed E-state index contributed by atoms with van der Waals surface area (Å²) in [6.07, 6.45) is -4.83. The Morgan fingerprint density at radius 1 is 1.13 bits per heavy atom. The molecule has 0 bridgehead atoms. The van der Waals surface area contributed by atoms with Crippen molar-refractivity contribution >= 4 is 11.6 Å². The van der Waals surface area contributed by atoms with Crippen LogP contribution in [0.4, 0.5) is 22.0 Å². The quantitative estimate of drug-likeness (QED) is 0.597. The Labute approximate surface area is 86.6 Å². The van der Waals surface area contributed by atoms with E-state index in [1.54, 1.807) is 0 Å². The van der Waals surface area contributed by atoms with Crippen LogP contribution in [-0.2, 0) is 0 Å². The maximum absolute atomic E-state index is 13.0. The third kappa shape index (κ3) is 2.57. The SMILES string of the molecule is N[C@@H](c1cc(F)c(Cl)cc1F)C(F)(F)F. The molecule has 1 aromatic carbocycles. The Morgan fingerprint density at radius 2 is 1.67 bits per heavy atom. The summed E-state index contributed by atoms with van der Waals surface area (Å²) in [4.78, 5) is 0. The van der Waals surface area contributed by atoms with E-state index in [-0.39, 0.29) is 0 Å². The number of benzene rings is 1. The molecule has 2 N–H and O–H groups in total. The molecule has 0 saturated heterocycles. The first-order chi connectivity index (χ1) is 6.73. The van der Waals surface area contributed by atoms with Crippen molar-refractivity contribution in [1.29, 1.82) is 0 Å². The Bertz CT molecular complexity index is 376. The average Bonchev–Trinajstić information content (AvgIpc) is 2.08. The van der Waals surface area contributed by atoms with Gasteiger partial charge >= 0.3 is 6.18 Å². The first kappa shape index (κ1) is 12.2. The van der Waals surface area contributed by atoms with Gasteiger partial charge in [-0.15, -0.1) is 0 Å². The Hall–Kier alpha value is -0.880. The first-order valence-electron chi connectivity index (χ1n) is 3.70. The van der Waals surface area contributed by atoms with Crippen LogP contribution >= 0.6 is 11.6 Å². The monoisotopic (exact) mass is 245 g/mol. The summed E-state index contributed by atoms with van der Waals surface area (Å²) in [5.41, 5.74) is 3.75. The van der Waals surface area contributed by atoms with Crippen LogP contribution in [0.5, 0.6) is 0 Å². The molecule has 84 valence electrons. The highest BCUT2D eigenvalue weighted by molar-refractivity contribution is 6.30. The molecule has 0 unspecified atom stereocenters. The molecule has 1 aromatic rings. The smallest absolute Gasteiger partial charge is 0.316 e. The van der Waals surface area contributed by atoms with E-state index in [0.717, 1.165) is 0 Å². The van der Waals surface area contributed by atoms with E-state index in [1.807, 2.05) is 0 Å². The standard InChI is InChI=1S/C8H5ClF5N/c9-4-2-5(10)3(1-6(4)11)7(15)8(12,13)14/h1-2,7H,15H2/t7-/m0/s1. The van der Waals surface area contributed by atoms with E-state index < -0.39 is 34.4 Å². The number of nitrogens with two attached hydrogens (primary N) is 1. The van der Waals surface area contributed by atoms with Crippen molar-refractivity contribution in [2.75, 3.05) is 0 Å². The minimum atomic E-state index is -4.83. The molecule has 0 fully saturated rings. The molecule has 0 aliphatic heterocycles. The third-order valence-electron chi connectivity index (χ3n) is 1.73. The minimum Gasteiger partial charge on any atom is -0.316 e. The van der Waals surface area contributed by atoms with Crippen LogP contribution in [0.25, 0.3) is 0 Å². The summed E-state index contributed by atoms with van der Waals surface area (Å²) < 4.78 is 62.1. The highest BCUT2D eigenvalue weighted by Gasteiger charge is 2.39. The molecular weight excluding hydrogens is 241 g/mol. The van der Waals surface area contributed by atoms with Gasteiger partial charge in [0, 0.05) is 5.56 Å². The van der Waals surface area contributed by atoms with E-state index in [4.69, 9.17) is 17.3 Å². The molecule has 1 nitrogen and oxygen atoms in total. The average molecular weight is 246 g/mol. The van der Waals surface area contributed by atoms with Crippen molar-refractivity contribution in [2.45, 2.75) is 12.2 Å². The van der Waals surface area contributed by atoms with E-state index >= 15 is 0 Å². The summed E-state index contributed by atoms with van der Waals surface area (Å²) in [5.74, 6) is -2.43. The number of hydrogen-bond acceptors (Lipinski definition) is 1. The summed E-state index contributed by atoms with van der Waals surface area (Å²) >= 11 is 5.17. The normalized spacial score (nSPS) is 14.1. The van der Waals surface area contributed by atoms with Crippen molar-refractivity contribution in [3.05, 3.63) is 34.4 Å². The van der Waals surface area contributed by atoms with Gasteiger partial charge in [-0.05, 0) is 12.1 Å².